The molecule has 79 heavy (non-hydrogen) atoms. The summed E-state index contributed by atoms with van der Waals surface area (Å²) < 4.78 is 4.86. The predicted octanol–water partition coefficient (Wildman–Crippen LogP) is 7.08. The molecular weight excluding hydrogens is 1090 g/mol. The number of pyridine rings is 1. The van der Waals surface area contributed by atoms with Crippen molar-refractivity contribution in [3.63, 3.8) is 0 Å². The van der Waals surface area contributed by atoms with Crippen molar-refractivity contribution < 1.29 is 44.1 Å². The molecule has 0 aliphatic carbocycles. The third kappa shape index (κ3) is 13.8. The van der Waals surface area contributed by atoms with Crippen LogP contribution in [-0.4, -0.2) is 115 Å². The number of hydrogen-bond donors (Lipinski definition) is 6. The van der Waals surface area contributed by atoms with Crippen LogP contribution >= 0.6 is 34.8 Å². The Labute approximate surface area is 458 Å². The monoisotopic (exact) mass is 1120 g/mol. The van der Waals surface area contributed by atoms with Gasteiger partial charge >= 0.3 is 17.9 Å². The first-order chi connectivity index (χ1) is 38.0. The van der Waals surface area contributed by atoms with E-state index in [0.29, 0.717) is 23.0 Å². The molecule has 7 aromatic heterocycles. The largest absolute Gasteiger partial charge is 0.478 e. The highest BCUT2D eigenvalue weighted by Gasteiger charge is 2.22. The molecular formula is C50H32Cl3N17O9. The molecule has 392 valence electrons. The van der Waals surface area contributed by atoms with Crippen LogP contribution in [0.2, 0.25) is 15.2 Å². The summed E-state index contributed by atoms with van der Waals surface area (Å²) in [5, 5.41) is 67.6. The number of carboxylic acids is 3. The summed E-state index contributed by atoms with van der Waals surface area (Å²) in [6.45, 7) is 1.77. The van der Waals surface area contributed by atoms with E-state index in [2.05, 4.69) is 72.4 Å². The molecule has 0 unspecified atom stereocenters. The minimum atomic E-state index is -1.32. The van der Waals surface area contributed by atoms with E-state index in [9.17, 15) is 44.1 Å². The Morgan fingerprint density at radius 2 is 1.00 bits per heavy atom. The first-order valence-corrected chi connectivity index (χ1v) is 23.1. The fraction of sp³-hybridized carbons (Fsp3) is 0.0200. The Bertz CT molecular complexity index is 3870. The summed E-state index contributed by atoms with van der Waals surface area (Å²) in [6.07, 6.45) is 23.1. The molecule has 0 spiro atoms. The van der Waals surface area contributed by atoms with E-state index in [1.165, 1.54) is 55.1 Å². The fourth-order valence-electron chi connectivity index (χ4n) is 6.46. The van der Waals surface area contributed by atoms with Gasteiger partial charge in [0.2, 0.25) is 0 Å². The number of imidazole rings is 3. The van der Waals surface area contributed by atoms with E-state index in [4.69, 9.17) is 46.5 Å². The molecule has 0 atom stereocenters. The molecule has 0 aliphatic heterocycles. The van der Waals surface area contributed by atoms with Crippen molar-refractivity contribution in [3.05, 3.63) is 195 Å². The molecule has 26 nitrogen and oxygen atoms in total. The lowest BCUT2D eigenvalue weighted by Crippen LogP contribution is -2.18. The summed E-state index contributed by atoms with van der Waals surface area (Å²) >= 11 is 17.8. The Kier molecular flexibility index (Phi) is 17.9. The minimum absolute atomic E-state index is 0.00223. The highest BCUT2D eigenvalue weighted by atomic mass is 35.5. The number of hydrogen-bond acceptors (Lipinski definition) is 17. The maximum Gasteiger partial charge on any atom is 0.356 e. The summed E-state index contributed by atoms with van der Waals surface area (Å²) in [4.78, 5) is 86.8. The van der Waals surface area contributed by atoms with Crippen molar-refractivity contribution in [1.82, 2.24) is 64.2 Å². The van der Waals surface area contributed by atoms with Gasteiger partial charge in [0.25, 0.3) is 17.7 Å². The number of rotatable bonds is 13. The van der Waals surface area contributed by atoms with Gasteiger partial charge in [-0.1, -0.05) is 52.9 Å². The second kappa shape index (κ2) is 25.5. The zero-order chi connectivity index (χ0) is 56.8. The number of terminal acetylenes is 1. The van der Waals surface area contributed by atoms with E-state index in [1.807, 2.05) is 0 Å². The van der Waals surface area contributed by atoms with Crippen molar-refractivity contribution in [1.29, 1.82) is 5.26 Å². The standard InChI is InChI=1S/C17H13ClN6O3.C17H10ClN5O3.C16H9ClN6O3/c1-2-3-10-8-12(14(17(26)27)21-15(10)18)20-16(25)11-4-5-13(23-22-11)24-7-6-19-9-24;1-2-10-7-14(11(17(25)26)8-12(10)18)20-16(24)13-3-4-15(22-21-13)23-6-5-19-9-23;17-11-6-13(10(16(25)26)5-9(11)7-18)20-15(24)12-1-2-14(22-21-12)23-4-3-19-8-23/h2-9H,1H3,(H,20,25)(H,26,27);1,3-9H,(H,20,24)(H,25,26);1-6,8H,(H,20,24)(H,25,26)/b3-2+;;. The van der Waals surface area contributed by atoms with Gasteiger partial charge in [0.1, 0.15) is 30.2 Å². The molecule has 0 radical (unpaired) electrons. The average molecular weight is 1120 g/mol. The third-order valence-corrected chi connectivity index (χ3v) is 11.1. The van der Waals surface area contributed by atoms with Gasteiger partial charge in [-0.3, -0.25) is 28.1 Å². The van der Waals surface area contributed by atoms with Crippen LogP contribution < -0.4 is 16.0 Å². The summed E-state index contributed by atoms with van der Waals surface area (Å²) in [5.74, 6) is -2.07. The SMILES string of the molecule is C#Cc1cc(NC(=O)c2ccc(-n3ccnc3)nn2)c(C(=O)O)cc1Cl.C/C=C/c1cc(NC(=O)c2ccc(-n3ccnc3)nn2)c(C(=O)O)nc1Cl.N#Cc1cc(C(=O)O)c(NC(=O)c2ccc(-n3ccnc3)nn2)cc1Cl. The molecule has 7 heterocycles. The quantitative estimate of drug-likeness (QED) is 0.0496. The molecule has 0 bridgehead atoms. The number of carboxylic acid groups (broad SMARTS) is 3. The van der Waals surface area contributed by atoms with Crippen LogP contribution in [0.3, 0.4) is 0 Å². The molecule has 3 amide bonds. The lowest BCUT2D eigenvalue weighted by molar-refractivity contribution is 0.0682. The van der Waals surface area contributed by atoms with Crippen molar-refractivity contribution >= 4 is 93.6 Å². The maximum atomic E-state index is 12.4. The number of nitrogens with one attached hydrogen (secondary N) is 3. The predicted molar refractivity (Wildman–Crippen MR) is 282 cm³/mol. The number of nitrogens with zero attached hydrogens (tertiary/aromatic N) is 14. The van der Waals surface area contributed by atoms with Crippen LogP contribution in [0, 0.1) is 23.7 Å². The van der Waals surface area contributed by atoms with E-state index in [1.54, 1.807) is 101 Å². The molecule has 29 heteroatoms. The van der Waals surface area contributed by atoms with Crippen molar-refractivity contribution in [2.75, 3.05) is 16.0 Å². The smallest absolute Gasteiger partial charge is 0.356 e. The number of carbonyl (C=O) groups excluding carboxylic acids is 3. The number of halogens is 3. The molecule has 9 aromatic rings. The molecule has 0 fully saturated rings. The maximum absolute atomic E-state index is 12.4. The first kappa shape index (κ1) is 55.7. The molecule has 0 aliphatic rings. The van der Waals surface area contributed by atoms with E-state index in [-0.39, 0.29) is 77.3 Å². The van der Waals surface area contributed by atoms with Gasteiger partial charge in [-0.25, -0.2) is 34.3 Å². The highest BCUT2D eigenvalue weighted by molar-refractivity contribution is 6.33. The van der Waals surface area contributed by atoms with Crippen LogP contribution in [-0.2, 0) is 0 Å². The van der Waals surface area contributed by atoms with Gasteiger partial charge in [-0.15, -0.1) is 37.0 Å². The molecule has 0 saturated heterocycles. The number of allylic oxidation sites excluding steroid dienone is 1. The Hall–Kier alpha value is -11.1. The number of amides is 3. The van der Waals surface area contributed by atoms with Crippen molar-refractivity contribution in [2.24, 2.45) is 0 Å². The molecule has 6 N–H and O–H groups in total. The van der Waals surface area contributed by atoms with Crippen LogP contribution in [0.1, 0.15) is 86.3 Å². The summed E-state index contributed by atoms with van der Waals surface area (Å²) in [6, 6.07) is 17.1. The normalized spacial score (nSPS) is 10.4. The second-order valence-corrected chi connectivity index (χ2v) is 16.5. The number of aromatic carboxylic acids is 3. The number of anilines is 3. The van der Waals surface area contributed by atoms with Crippen LogP contribution in [0.4, 0.5) is 17.1 Å². The van der Waals surface area contributed by atoms with Gasteiger partial charge in [0.15, 0.2) is 40.2 Å². The fourth-order valence-corrected chi connectivity index (χ4v) is 7.09. The van der Waals surface area contributed by atoms with E-state index in [0.717, 1.165) is 6.07 Å². The van der Waals surface area contributed by atoms with Gasteiger partial charge in [0.05, 0.1) is 43.8 Å². The summed E-state index contributed by atoms with van der Waals surface area (Å²) in [5.41, 5.74) is -0.137. The Balaban J connectivity index is 0.000000172. The molecule has 2 aromatic carbocycles. The topological polar surface area (TPSA) is 367 Å². The third-order valence-electron chi connectivity index (χ3n) is 10.2. The Morgan fingerprint density at radius 3 is 1.37 bits per heavy atom. The van der Waals surface area contributed by atoms with E-state index < -0.39 is 35.6 Å². The van der Waals surface area contributed by atoms with Crippen LogP contribution in [0.5, 0.6) is 0 Å². The average Bonchev–Trinajstić information content (AvgIpc) is 4.30. The number of benzene rings is 2. The van der Waals surface area contributed by atoms with Gasteiger partial charge in [0, 0.05) is 48.3 Å². The van der Waals surface area contributed by atoms with Crippen molar-refractivity contribution in [2.45, 2.75) is 6.92 Å². The van der Waals surface area contributed by atoms with Crippen LogP contribution in [0.25, 0.3) is 23.5 Å². The Morgan fingerprint density at radius 1 is 0.570 bits per heavy atom. The minimum Gasteiger partial charge on any atom is -0.478 e. The zero-order valence-corrected chi connectivity index (χ0v) is 42.2. The second-order valence-electron chi connectivity index (χ2n) is 15.3. The lowest BCUT2D eigenvalue weighted by atomic mass is 10.1. The molecule has 9 rings (SSSR count). The van der Waals surface area contributed by atoms with Crippen molar-refractivity contribution in [3.8, 4) is 35.9 Å². The summed E-state index contributed by atoms with van der Waals surface area (Å²) in [7, 11) is 0. The number of carbonyl (C=O) groups is 6. The lowest BCUT2D eigenvalue weighted by Gasteiger charge is -2.10. The zero-order valence-electron chi connectivity index (χ0n) is 40.0. The van der Waals surface area contributed by atoms with E-state index >= 15 is 0 Å². The number of nitriles is 1. The van der Waals surface area contributed by atoms with Gasteiger partial charge in [-0.2, -0.15) is 5.26 Å². The molecule has 0 saturated carbocycles. The highest BCUT2D eigenvalue weighted by Crippen LogP contribution is 2.28. The number of aromatic nitrogens is 13. The van der Waals surface area contributed by atoms with Gasteiger partial charge < -0.3 is 31.3 Å². The van der Waals surface area contributed by atoms with Crippen LogP contribution in [0.15, 0.2) is 129 Å². The first-order valence-electron chi connectivity index (χ1n) is 22.0. The van der Waals surface area contributed by atoms with Gasteiger partial charge in [-0.05, 0) is 73.7 Å².